The first-order valence-corrected chi connectivity index (χ1v) is 11.2. The van der Waals surface area contributed by atoms with E-state index >= 15 is 0 Å². The summed E-state index contributed by atoms with van der Waals surface area (Å²) in [6.07, 6.45) is -3.73. The van der Waals surface area contributed by atoms with Crippen molar-refractivity contribution in [3.05, 3.63) is 23.9 Å². The molecule has 3 heterocycles. The summed E-state index contributed by atoms with van der Waals surface area (Å²) >= 11 is 0. The standard InChI is InChI=1S/C18H25F3N4O5S/c1-13-10-25(11-14(2)30-13)31(27,28)24-7-5-23(6-8-24)17(26)15-3-4-16(22-9-15)29-12-18(19,20)21/h3-4,9,13-14H,5-8,10-12H2,1-2H3. The van der Waals surface area contributed by atoms with E-state index in [9.17, 15) is 26.4 Å². The zero-order chi connectivity index (χ0) is 22.8. The molecular formula is C18H25F3N4O5S. The molecule has 1 aromatic heterocycles. The molecule has 13 heteroatoms. The predicted molar refractivity (Wildman–Crippen MR) is 104 cm³/mol. The molecule has 0 saturated carbocycles. The number of hydrogen-bond donors (Lipinski definition) is 0. The highest BCUT2D eigenvalue weighted by atomic mass is 32.2. The lowest BCUT2D eigenvalue weighted by molar-refractivity contribution is -0.154. The van der Waals surface area contributed by atoms with Crippen LogP contribution in [-0.2, 0) is 14.9 Å². The van der Waals surface area contributed by atoms with Gasteiger partial charge in [0.15, 0.2) is 6.61 Å². The zero-order valence-corrected chi connectivity index (χ0v) is 18.0. The summed E-state index contributed by atoms with van der Waals surface area (Å²) in [7, 11) is -3.66. The molecule has 174 valence electrons. The smallest absolute Gasteiger partial charge is 0.422 e. The van der Waals surface area contributed by atoms with E-state index in [0.29, 0.717) is 0 Å². The van der Waals surface area contributed by atoms with Gasteiger partial charge >= 0.3 is 6.18 Å². The number of alkyl halides is 3. The lowest BCUT2D eigenvalue weighted by Gasteiger charge is -2.40. The van der Waals surface area contributed by atoms with Crippen LogP contribution in [0.4, 0.5) is 13.2 Å². The highest BCUT2D eigenvalue weighted by Gasteiger charge is 2.37. The lowest BCUT2D eigenvalue weighted by Crippen LogP contribution is -2.57. The van der Waals surface area contributed by atoms with Crippen molar-refractivity contribution in [3.63, 3.8) is 0 Å². The van der Waals surface area contributed by atoms with Gasteiger partial charge in [-0.25, -0.2) is 4.98 Å². The average molecular weight is 466 g/mol. The Bertz CT molecular complexity index is 863. The molecule has 9 nitrogen and oxygen atoms in total. The fourth-order valence-electron chi connectivity index (χ4n) is 3.53. The van der Waals surface area contributed by atoms with Crippen molar-refractivity contribution in [3.8, 4) is 5.88 Å². The summed E-state index contributed by atoms with van der Waals surface area (Å²) in [6, 6.07) is 2.53. The molecule has 0 aromatic carbocycles. The quantitative estimate of drug-likeness (QED) is 0.646. The first kappa shape index (κ1) is 23.7. The molecule has 1 aromatic rings. The van der Waals surface area contributed by atoms with E-state index in [-0.39, 0.29) is 68.8 Å². The van der Waals surface area contributed by atoms with Crippen molar-refractivity contribution in [2.24, 2.45) is 0 Å². The number of morpholine rings is 1. The number of nitrogens with zero attached hydrogens (tertiary/aromatic N) is 4. The number of amides is 1. The zero-order valence-electron chi connectivity index (χ0n) is 17.2. The van der Waals surface area contributed by atoms with Crippen LogP contribution in [0.1, 0.15) is 24.2 Å². The molecule has 2 aliphatic rings. The number of aromatic nitrogens is 1. The highest BCUT2D eigenvalue weighted by molar-refractivity contribution is 7.86. The second-order valence-corrected chi connectivity index (χ2v) is 9.49. The van der Waals surface area contributed by atoms with Crippen molar-refractivity contribution in [2.75, 3.05) is 45.9 Å². The Hall–Kier alpha value is -1.96. The maximum atomic E-state index is 12.9. The monoisotopic (exact) mass is 466 g/mol. The average Bonchev–Trinajstić information content (AvgIpc) is 2.71. The van der Waals surface area contributed by atoms with Crippen LogP contribution >= 0.6 is 0 Å². The van der Waals surface area contributed by atoms with Crippen molar-refractivity contribution in [1.82, 2.24) is 18.5 Å². The predicted octanol–water partition coefficient (Wildman–Crippen LogP) is 1.13. The molecule has 2 aliphatic heterocycles. The van der Waals surface area contributed by atoms with E-state index in [2.05, 4.69) is 9.72 Å². The first-order chi connectivity index (χ1) is 14.5. The van der Waals surface area contributed by atoms with Crippen LogP contribution in [0.15, 0.2) is 18.3 Å². The molecule has 2 saturated heterocycles. The Kier molecular flexibility index (Phi) is 7.08. The van der Waals surface area contributed by atoms with Gasteiger partial charge in [0.05, 0.1) is 17.8 Å². The molecule has 2 atom stereocenters. The molecule has 0 bridgehead atoms. The molecule has 31 heavy (non-hydrogen) atoms. The largest absolute Gasteiger partial charge is 0.468 e. The number of piperazine rings is 1. The molecule has 0 radical (unpaired) electrons. The minimum Gasteiger partial charge on any atom is -0.468 e. The van der Waals surface area contributed by atoms with Gasteiger partial charge in [-0.2, -0.15) is 30.2 Å². The minimum atomic E-state index is -4.48. The number of ether oxygens (including phenoxy) is 2. The summed E-state index contributed by atoms with van der Waals surface area (Å²) in [5.74, 6) is -0.612. The third-order valence-corrected chi connectivity index (χ3v) is 6.90. The van der Waals surface area contributed by atoms with Gasteiger partial charge in [-0.3, -0.25) is 4.79 Å². The molecule has 2 fully saturated rings. The van der Waals surface area contributed by atoms with Crippen LogP contribution in [0.25, 0.3) is 0 Å². The van der Waals surface area contributed by atoms with Crippen LogP contribution < -0.4 is 4.74 Å². The normalized spacial score (nSPS) is 24.2. The number of carbonyl (C=O) groups excluding carboxylic acids is 1. The lowest BCUT2D eigenvalue weighted by atomic mass is 10.2. The summed E-state index contributed by atoms with van der Waals surface area (Å²) in [4.78, 5) is 17.9. The summed E-state index contributed by atoms with van der Waals surface area (Å²) in [5.41, 5.74) is 0.187. The second kappa shape index (κ2) is 9.27. The van der Waals surface area contributed by atoms with Crippen LogP contribution in [-0.4, -0.2) is 97.1 Å². The van der Waals surface area contributed by atoms with Crippen molar-refractivity contribution in [2.45, 2.75) is 32.2 Å². The van der Waals surface area contributed by atoms with Crippen molar-refractivity contribution >= 4 is 16.1 Å². The molecule has 1 amide bonds. The fourth-order valence-corrected chi connectivity index (χ4v) is 5.28. The third kappa shape index (κ3) is 6.05. The number of hydrogen-bond acceptors (Lipinski definition) is 6. The first-order valence-electron chi connectivity index (χ1n) is 9.81. The van der Waals surface area contributed by atoms with Gasteiger partial charge in [-0.1, -0.05) is 0 Å². The summed E-state index contributed by atoms with van der Waals surface area (Å²) in [6.45, 7) is 3.41. The Morgan fingerprint density at radius 1 is 1.13 bits per heavy atom. The molecule has 3 rings (SSSR count). The Morgan fingerprint density at radius 2 is 1.74 bits per heavy atom. The highest BCUT2D eigenvalue weighted by Crippen LogP contribution is 2.20. The van der Waals surface area contributed by atoms with Crippen LogP contribution in [0, 0.1) is 0 Å². The van der Waals surface area contributed by atoms with E-state index in [1.54, 1.807) is 0 Å². The van der Waals surface area contributed by atoms with Gasteiger partial charge in [-0.15, -0.1) is 0 Å². The second-order valence-electron chi connectivity index (χ2n) is 7.56. The van der Waals surface area contributed by atoms with E-state index in [1.165, 1.54) is 25.6 Å². The van der Waals surface area contributed by atoms with Crippen molar-refractivity contribution < 1.29 is 35.9 Å². The summed E-state index contributed by atoms with van der Waals surface area (Å²) < 4.78 is 75.3. The maximum absolute atomic E-state index is 12.9. The maximum Gasteiger partial charge on any atom is 0.422 e. The molecule has 0 spiro atoms. The Labute approximate surface area is 178 Å². The van der Waals surface area contributed by atoms with E-state index in [4.69, 9.17) is 4.74 Å². The molecule has 0 N–H and O–H groups in total. The number of rotatable bonds is 5. The van der Waals surface area contributed by atoms with Gasteiger partial charge in [0.2, 0.25) is 5.88 Å². The van der Waals surface area contributed by atoms with Gasteiger partial charge in [-0.05, 0) is 19.9 Å². The number of halogens is 3. The number of carbonyl (C=O) groups is 1. The van der Waals surface area contributed by atoms with E-state index < -0.39 is 23.0 Å². The van der Waals surface area contributed by atoms with Gasteiger partial charge in [0.25, 0.3) is 16.1 Å². The van der Waals surface area contributed by atoms with E-state index in [0.717, 1.165) is 6.20 Å². The Balaban J connectivity index is 1.56. The van der Waals surface area contributed by atoms with Crippen LogP contribution in [0.3, 0.4) is 0 Å². The van der Waals surface area contributed by atoms with Crippen LogP contribution in [0.2, 0.25) is 0 Å². The SMILES string of the molecule is CC1CN(S(=O)(=O)N2CCN(C(=O)c3ccc(OCC(F)(F)F)nc3)CC2)CC(C)O1. The molecular weight excluding hydrogens is 441 g/mol. The topological polar surface area (TPSA) is 92.3 Å². The van der Waals surface area contributed by atoms with Crippen molar-refractivity contribution in [1.29, 1.82) is 0 Å². The molecule has 0 aliphatic carbocycles. The number of pyridine rings is 1. The Morgan fingerprint density at radius 3 is 2.26 bits per heavy atom. The van der Waals surface area contributed by atoms with Crippen LogP contribution in [0.5, 0.6) is 5.88 Å². The van der Waals surface area contributed by atoms with Gasteiger partial charge in [0.1, 0.15) is 0 Å². The van der Waals surface area contributed by atoms with Gasteiger partial charge < -0.3 is 14.4 Å². The third-order valence-electron chi connectivity index (χ3n) is 4.93. The van der Waals surface area contributed by atoms with Gasteiger partial charge in [0, 0.05) is 51.5 Å². The fraction of sp³-hybridized carbons (Fsp3) is 0.667. The van der Waals surface area contributed by atoms with E-state index in [1.807, 2.05) is 13.8 Å². The summed E-state index contributed by atoms with van der Waals surface area (Å²) in [5, 5.41) is 0. The minimum absolute atomic E-state index is 0.147. The molecule has 2 unspecified atom stereocenters.